The van der Waals surface area contributed by atoms with E-state index in [1.807, 2.05) is 19.1 Å². The van der Waals surface area contributed by atoms with Gasteiger partial charge in [-0.2, -0.15) is 0 Å². The first kappa shape index (κ1) is 23.3. The van der Waals surface area contributed by atoms with Crippen molar-refractivity contribution >= 4 is 11.1 Å². The van der Waals surface area contributed by atoms with Crippen molar-refractivity contribution < 1.29 is 10.2 Å². The molecule has 2 N–H and O–H groups in total. The Morgan fingerprint density at radius 2 is 1.45 bits per heavy atom. The summed E-state index contributed by atoms with van der Waals surface area (Å²) in [5.74, 6) is 0.344. The maximum Gasteiger partial charge on any atom is 0.0958 e. The van der Waals surface area contributed by atoms with Crippen LogP contribution in [-0.2, 0) is 10.8 Å². The van der Waals surface area contributed by atoms with Crippen LogP contribution in [-0.4, -0.2) is 16.8 Å². The summed E-state index contributed by atoms with van der Waals surface area (Å²) >= 11 is 0. The summed E-state index contributed by atoms with van der Waals surface area (Å²) in [7, 11) is 0. The van der Waals surface area contributed by atoms with E-state index >= 15 is 0 Å². The van der Waals surface area contributed by atoms with Crippen molar-refractivity contribution in [3.63, 3.8) is 0 Å². The summed E-state index contributed by atoms with van der Waals surface area (Å²) < 4.78 is 0. The van der Waals surface area contributed by atoms with Gasteiger partial charge in [0.1, 0.15) is 0 Å². The lowest BCUT2D eigenvalue weighted by Gasteiger charge is -2.42. The van der Waals surface area contributed by atoms with Crippen molar-refractivity contribution in [1.82, 2.24) is 0 Å². The van der Waals surface area contributed by atoms with Crippen LogP contribution in [0.3, 0.4) is 0 Å². The number of aliphatic hydroxyl groups excluding tert-OH is 2. The average molecular weight is 419 g/mol. The van der Waals surface area contributed by atoms with Crippen molar-refractivity contribution in [2.75, 3.05) is 6.61 Å². The third-order valence-corrected chi connectivity index (χ3v) is 7.19. The van der Waals surface area contributed by atoms with Gasteiger partial charge in [-0.15, -0.1) is 0 Å². The number of aryl methyl sites for hydroxylation is 1. The Balaban J connectivity index is 1.95. The first-order valence-corrected chi connectivity index (χ1v) is 11.4. The highest BCUT2D eigenvalue weighted by Crippen LogP contribution is 2.47. The standard InChI is InChI=1S/C29H38O2/c1-19-17-25-26(29(6,7)15-14-28(25,4)5)18-24(19)20(2)22-10-12-23(13-11-22)21(3)27(31)9-8-16-30/h10-13,17-18,30-31H,2,8-9,14-16H2,1,3-7H3/b27-21-. The molecule has 1 aliphatic rings. The Morgan fingerprint density at radius 3 is 2.00 bits per heavy atom. The number of allylic oxidation sites excluding steroid dienone is 2. The fraction of sp³-hybridized carbons (Fsp3) is 0.448. The van der Waals surface area contributed by atoms with Gasteiger partial charge >= 0.3 is 0 Å². The van der Waals surface area contributed by atoms with E-state index in [4.69, 9.17) is 5.11 Å². The number of hydrogen-bond acceptors (Lipinski definition) is 2. The zero-order valence-electron chi connectivity index (χ0n) is 20.1. The van der Waals surface area contributed by atoms with Gasteiger partial charge < -0.3 is 10.2 Å². The zero-order valence-corrected chi connectivity index (χ0v) is 20.1. The van der Waals surface area contributed by atoms with E-state index in [9.17, 15) is 5.11 Å². The molecule has 1 aliphatic carbocycles. The van der Waals surface area contributed by atoms with Gasteiger partial charge in [-0.25, -0.2) is 0 Å². The minimum Gasteiger partial charge on any atom is -0.512 e. The number of aliphatic hydroxyl groups is 2. The maximum atomic E-state index is 10.2. The molecule has 0 radical (unpaired) electrons. The molecule has 0 atom stereocenters. The fourth-order valence-corrected chi connectivity index (χ4v) is 4.72. The molecule has 0 bridgehead atoms. The third-order valence-electron chi connectivity index (χ3n) is 7.19. The summed E-state index contributed by atoms with van der Waals surface area (Å²) in [4.78, 5) is 0. The van der Waals surface area contributed by atoms with Crippen LogP contribution in [0.25, 0.3) is 11.1 Å². The monoisotopic (exact) mass is 418 g/mol. The van der Waals surface area contributed by atoms with E-state index in [1.54, 1.807) is 0 Å². The highest BCUT2D eigenvalue weighted by molar-refractivity contribution is 5.81. The average Bonchev–Trinajstić information content (AvgIpc) is 2.74. The summed E-state index contributed by atoms with van der Waals surface area (Å²) in [5.41, 5.74) is 9.80. The van der Waals surface area contributed by atoms with Gasteiger partial charge in [0.15, 0.2) is 0 Å². The lowest BCUT2D eigenvalue weighted by Crippen LogP contribution is -2.34. The van der Waals surface area contributed by atoms with Crippen LogP contribution >= 0.6 is 0 Å². The molecular formula is C29H38O2. The smallest absolute Gasteiger partial charge is 0.0958 e. The lowest BCUT2D eigenvalue weighted by molar-refractivity contribution is 0.276. The molecule has 3 rings (SSSR count). The summed E-state index contributed by atoms with van der Waals surface area (Å²) in [6.07, 6.45) is 3.48. The Kier molecular flexibility index (Phi) is 6.53. The second-order valence-corrected chi connectivity index (χ2v) is 10.4. The van der Waals surface area contributed by atoms with E-state index in [0.29, 0.717) is 18.6 Å². The predicted molar refractivity (Wildman–Crippen MR) is 133 cm³/mol. The molecule has 2 aromatic rings. The van der Waals surface area contributed by atoms with Gasteiger partial charge in [-0.1, -0.05) is 70.7 Å². The largest absolute Gasteiger partial charge is 0.512 e. The molecule has 0 saturated heterocycles. The van der Waals surface area contributed by atoms with Crippen LogP contribution in [0.5, 0.6) is 0 Å². The first-order chi connectivity index (χ1) is 14.5. The van der Waals surface area contributed by atoms with Crippen molar-refractivity contribution in [2.24, 2.45) is 0 Å². The highest BCUT2D eigenvalue weighted by Gasteiger charge is 2.37. The van der Waals surface area contributed by atoms with Gasteiger partial charge in [0, 0.05) is 13.0 Å². The molecule has 0 amide bonds. The Bertz CT molecular complexity index is 1000. The van der Waals surface area contributed by atoms with Crippen molar-refractivity contribution in [3.8, 4) is 0 Å². The third kappa shape index (κ3) is 4.65. The van der Waals surface area contributed by atoms with E-state index in [2.05, 4.69) is 65.5 Å². The van der Waals surface area contributed by atoms with E-state index in [1.165, 1.54) is 35.1 Å². The minimum atomic E-state index is 0.0875. The molecule has 0 heterocycles. The summed E-state index contributed by atoms with van der Waals surface area (Å²) in [5, 5.41) is 19.2. The van der Waals surface area contributed by atoms with Crippen molar-refractivity contribution in [3.05, 3.63) is 82.1 Å². The van der Waals surface area contributed by atoms with E-state index < -0.39 is 0 Å². The predicted octanol–water partition coefficient (Wildman–Crippen LogP) is 7.47. The maximum absolute atomic E-state index is 10.2. The molecule has 0 unspecified atom stereocenters. The molecule has 0 aromatic heterocycles. The molecule has 0 aliphatic heterocycles. The van der Waals surface area contributed by atoms with Gasteiger partial charge in [-0.3, -0.25) is 0 Å². The topological polar surface area (TPSA) is 40.5 Å². The number of rotatable bonds is 6. The van der Waals surface area contributed by atoms with Crippen LogP contribution in [0.1, 0.15) is 93.7 Å². The molecule has 2 aromatic carbocycles. The van der Waals surface area contributed by atoms with Crippen LogP contribution in [0, 0.1) is 6.92 Å². The Morgan fingerprint density at radius 1 is 0.935 bits per heavy atom. The van der Waals surface area contributed by atoms with Gasteiger partial charge in [0.05, 0.1) is 5.76 Å². The minimum absolute atomic E-state index is 0.0875. The molecule has 0 saturated carbocycles. The van der Waals surface area contributed by atoms with Gasteiger partial charge in [0.25, 0.3) is 0 Å². The number of fused-ring (bicyclic) bond motifs is 1. The molecule has 2 heteroatoms. The lowest BCUT2D eigenvalue weighted by atomic mass is 9.62. The molecule has 0 fully saturated rings. The number of benzene rings is 2. The fourth-order valence-electron chi connectivity index (χ4n) is 4.72. The molecular weight excluding hydrogens is 380 g/mol. The SMILES string of the molecule is C=C(c1ccc(/C(C)=C(\O)CCCO)cc1)c1cc2c(cc1C)C(C)(C)CCC2(C)C. The van der Waals surface area contributed by atoms with E-state index in [-0.39, 0.29) is 17.4 Å². The molecule has 31 heavy (non-hydrogen) atoms. The van der Waals surface area contributed by atoms with Crippen molar-refractivity contribution in [1.29, 1.82) is 0 Å². The molecule has 2 nitrogen and oxygen atoms in total. The normalized spacial score (nSPS) is 17.6. The molecule has 166 valence electrons. The Hall–Kier alpha value is -2.32. The van der Waals surface area contributed by atoms with Crippen LogP contribution < -0.4 is 0 Å². The second-order valence-electron chi connectivity index (χ2n) is 10.4. The molecule has 0 spiro atoms. The zero-order chi connectivity index (χ0) is 23.0. The first-order valence-electron chi connectivity index (χ1n) is 11.4. The summed E-state index contributed by atoms with van der Waals surface area (Å²) in [6.45, 7) is 18.1. The van der Waals surface area contributed by atoms with Crippen LogP contribution in [0.4, 0.5) is 0 Å². The Labute approximate surface area is 188 Å². The van der Waals surface area contributed by atoms with Gasteiger partial charge in [-0.05, 0) is 88.5 Å². The van der Waals surface area contributed by atoms with Crippen molar-refractivity contribution in [2.45, 2.75) is 78.1 Å². The van der Waals surface area contributed by atoms with E-state index in [0.717, 1.165) is 22.3 Å². The quantitative estimate of drug-likeness (QED) is 0.478. The number of hydrogen-bond donors (Lipinski definition) is 2. The highest BCUT2D eigenvalue weighted by atomic mass is 16.3. The summed E-state index contributed by atoms with van der Waals surface area (Å²) in [6, 6.07) is 13.0. The second kappa shape index (κ2) is 8.67. The van der Waals surface area contributed by atoms with Gasteiger partial charge in [0.2, 0.25) is 0 Å². The van der Waals surface area contributed by atoms with Crippen LogP contribution in [0.2, 0.25) is 0 Å². The van der Waals surface area contributed by atoms with Crippen LogP contribution in [0.15, 0.2) is 48.7 Å².